The SMILES string of the molecule is C=CCOC(=O)N1CCOC[C@H]1C=C(C)C(=O)C[C@H]1NC(=O)[C@@H]1[C@@H](C)O[Si](C)(C)C(C)(C)C. The Morgan fingerprint density at radius 1 is 1.36 bits per heavy atom. The summed E-state index contributed by atoms with van der Waals surface area (Å²) in [6.45, 7) is 19.2. The van der Waals surface area contributed by atoms with Crippen LogP contribution in [-0.2, 0) is 23.5 Å². The van der Waals surface area contributed by atoms with Gasteiger partial charge in [0.2, 0.25) is 5.91 Å². The fourth-order valence-corrected chi connectivity index (χ4v) is 5.26. The van der Waals surface area contributed by atoms with Gasteiger partial charge >= 0.3 is 6.09 Å². The number of ether oxygens (including phenoxy) is 2. The first-order valence-electron chi connectivity index (χ1n) is 11.6. The normalized spacial score (nSPS) is 25.1. The van der Waals surface area contributed by atoms with Gasteiger partial charge in [-0.05, 0) is 37.6 Å². The zero-order chi connectivity index (χ0) is 25.0. The molecular formula is C24H40N2O6Si. The molecule has 0 bridgehead atoms. The Labute approximate surface area is 198 Å². The van der Waals surface area contributed by atoms with Crippen molar-refractivity contribution in [2.24, 2.45) is 5.92 Å². The number of morpholine rings is 1. The molecule has 0 aromatic heterocycles. The van der Waals surface area contributed by atoms with Crippen molar-refractivity contribution in [3.05, 3.63) is 24.3 Å². The van der Waals surface area contributed by atoms with E-state index in [1.54, 1.807) is 17.9 Å². The van der Waals surface area contributed by atoms with Gasteiger partial charge in [0, 0.05) is 13.0 Å². The number of hydrogen-bond acceptors (Lipinski definition) is 6. The van der Waals surface area contributed by atoms with Gasteiger partial charge in [0.25, 0.3) is 0 Å². The molecule has 4 atom stereocenters. The third-order valence-electron chi connectivity index (χ3n) is 6.87. The Kier molecular flexibility index (Phi) is 9.06. The molecule has 0 aliphatic carbocycles. The van der Waals surface area contributed by atoms with Crippen LogP contribution in [0.5, 0.6) is 0 Å². The first kappa shape index (κ1) is 27.3. The Morgan fingerprint density at radius 2 is 2.03 bits per heavy atom. The van der Waals surface area contributed by atoms with E-state index >= 15 is 0 Å². The molecular weight excluding hydrogens is 440 g/mol. The topological polar surface area (TPSA) is 94.2 Å². The lowest BCUT2D eigenvalue weighted by Crippen LogP contribution is -2.64. The second-order valence-corrected chi connectivity index (χ2v) is 15.2. The highest BCUT2D eigenvalue weighted by molar-refractivity contribution is 6.74. The van der Waals surface area contributed by atoms with Crippen molar-refractivity contribution in [3.8, 4) is 0 Å². The molecule has 2 saturated heterocycles. The average molecular weight is 481 g/mol. The third kappa shape index (κ3) is 6.77. The Morgan fingerprint density at radius 3 is 2.61 bits per heavy atom. The van der Waals surface area contributed by atoms with Crippen molar-refractivity contribution in [1.29, 1.82) is 0 Å². The maximum Gasteiger partial charge on any atom is 0.410 e. The molecule has 2 aliphatic heterocycles. The second-order valence-electron chi connectivity index (χ2n) is 10.4. The summed E-state index contributed by atoms with van der Waals surface area (Å²) in [6.07, 6.45) is 2.74. The smallest absolute Gasteiger partial charge is 0.410 e. The van der Waals surface area contributed by atoms with Crippen molar-refractivity contribution in [3.63, 3.8) is 0 Å². The number of nitrogens with one attached hydrogen (secondary N) is 1. The molecule has 186 valence electrons. The van der Waals surface area contributed by atoms with Crippen molar-refractivity contribution in [2.75, 3.05) is 26.4 Å². The molecule has 2 aliphatic rings. The summed E-state index contributed by atoms with van der Waals surface area (Å²) < 4.78 is 17.1. The third-order valence-corrected chi connectivity index (χ3v) is 11.4. The molecule has 2 amide bonds. The minimum Gasteiger partial charge on any atom is -0.445 e. The van der Waals surface area contributed by atoms with Crippen LogP contribution in [0, 0.1) is 5.92 Å². The fraction of sp³-hybridized carbons (Fsp3) is 0.708. The summed E-state index contributed by atoms with van der Waals surface area (Å²) >= 11 is 0. The Hall–Kier alpha value is -1.97. The van der Waals surface area contributed by atoms with Gasteiger partial charge in [0.1, 0.15) is 6.61 Å². The molecule has 0 saturated carbocycles. The summed E-state index contributed by atoms with van der Waals surface area (Å²) in [5.41, 5.74) is 0.532. The number of rotatable bonds is 9. The van der Waals surface area contributed by atoms with Gasteiger partial charge in [0.15, 0.2) is 14.1 Å². The van der Waals surface area contributed by atoms with Gasteiger partial charge in [0.05, 0.1) is 37.3 Å². The van der Waals surface area contributed by atoms with E-state index in [1.807, 2.05) is 6.92 Å². The van der Waals surface area contributed by atoms with E-state index in [0.717, 1.165) is 0 Å². The molecule has 0 radical (unpaired) electrons. The van der Waals surface area contributed by atoms with Crippen LogP contribution in [0.3, 0.4) is 0 Å². The molecule has 0 aromatic rings. The molecule has 2 rings (SSSR count). The van der Waals surface area contributed by atoms with Gasteiger partial charge in [-0.15, -0.1) is 0 Å². The molecule has 0 aromatic carbocycles. The van der Waals surface area contributed by atoms with Crippen LogP contribution in [0.1, 0.15) is 41.0 Å². The van der Waals surface area contributed by atoms with Gasteiger partial charge < -0.3 is 19.2 Å². The second kappa shape index (κ2) is 11.0. The van der Waals surface area contributed by atoms with Gasteiger partial charge in [-0.2, -0.15) is 0 Å². The van der Waals surface area contributed by atoms with Crippen LogP contribution in [0.15, 0.2) is 24.3 Å². The number of carbonyl (C=O) groups excluding carboxylic acids is 3. The van der Waals surface area contributed by atoms with Gasteiger partial charge in [-0.3, -0.25) is 14.5 Å². The molecule has 2 heterocycles. The predicted octanol–water partition coefficient (Wildman–Crippen LogP) is 3.44. The summed E-state index contributed by atoms with van der Waals surface area (Å²) in [6, 6.07) is -0.642. The lowest BCUT2D eigenvalue weighted by Gasteiger charge is -2.45. The Balaban J connectivity index is 2.02. The average Bonchev–Trinajstić information content (AvgIpc) is 2.70. The van der Waals surface area contributed by atoms with E-state index in [4.69, 9.17) is 13.9 Å². The number of allylic oxidation sites excluding steroid dienone is 1. The highest BCUT2D eigenvalue weighted by Gasteiger charge is 2.48. The molecule has 1 N–H and O–H groups in total. The van der Waals surface area contributed by atoms with E-state index in [0.29, 0.717) is 25.3 Å². The van der Waals surface area contributed by atoms with Crippen LogP contribution in [0.25, 0.3) is 0 Å². The van der Waals surface area contributed by atoms with E-state index in [-0.39, 0.29) is 53.9 Å². The highest BCUT2D eigenvalue weighted by atomic mass is 28.4. The monoisotopic (exact) mass is 480 g/mol. The van der Waals surface area contributed by atoms with Crippen LogP contribution >= 0.6 is 0 Å². The molecule has 33 heavy (non-hydrogen) atoms. The quantitative estimate of drug-likeness (QED) is 0.235. The standard InChI is InChI=1S/C24H40N2O6Si/c1-9-11-31-23(29)26-10-12-30-15-18(26)13-16(2)20(27)14-19-21(22(28)25-19)17(3)32-33(7,8)24(4,5)6/h9,13,17-19,21H,1,10-12,14-15H2,2-8H3,(H,25,28)/t17-,18-,19-,21-/m1/s1. The van der Waals surface area contributed by atoms with Crippen LogP contribution in [0.2, 0.25) is 18.1 Å². The zero-order valence-electron chi connectivity index (χ0n) is 21.1. The number of β-lactam (4-membered cyclic amide) rings is 1. The van der Waals surface area contributed by atoms with E-state index in [2.05, 4.69) is 45.8 Å². The number of nitrogens with zero attached hydrogens (tertiary/aromatic N) is 1. The molecule has 9 heteroatoms. The molecule has 0 unspecified atom stereocenters. The van der Waals surface area contributed by atoms with E-state index in [1.165, 1.54) is 6.08 Å². The fourth-order valence-electron chi connectivity index (χ4n) is 3.83. The minimum absolute atomic E-state index is 0.0346. The maximum atomic E-state index is 12.9. The number of carbonyl (C=O) groups is 3. The minimum atomic E-state index is -2.04. The van der Waals surface area contributed by atoms with Crippen LogP contribution in [-0.4, -0.2) is 75.6 Å². The van der Waals surface area contributed by atoms with E-state index in [9.17, 15) is 14.4 Å². The number of amides is 2. The predicted molar refractivity (Wildman–Crippen MR) is 129 cm³/mol. The maximum absolute atomic E-state index is 12.9. The molecule has 0 spiro atoms. The van der Waals surface area contributed by atoms with Crippen molar-refractivity contribution in [1.82, 2.24) is 10.2 Å². The summed E-state index contributed by atoms with van der Waals surface area (Å²) in [5.74, 6) is -0.494. The first-order valence-corrected chi connectivity index (χ1v) is 14.5. The largest absolute Gasteiger partial charge is 0.445 e. The summed E-state index contributed by atoms with van der Waals surface area (Å²) in [5, 5.41) is 2.90. The zero-order valence-corrected chi connectivity index (χ0v) is 22.1. The summed E-state index contributed by atoms with van der Waals surface area (Å²) in [7, 11) is -2.04. The van der Waals surface area contributed by atoms with E-state index < -0.39 is 14.4 Å². The van der Waals surface area contributed by atoms with Gasteiger partial charge in [-0.25, -0.2) is 4.79 Å². The van der Waals surface area contributed by atoms with Crippen molar-refractivity contribution in [2.45, 2.75) is 77.4 Å². The van der Waals surface area contributed by atoms with Gasteiger partial charge in [-0.1, -0.05) is 39.5 Å². The first-order chi connectivity index (χ1) is 15.3. The van der Waals surface area contributed by atoms with Crippen molar-refractivity contribution >= 4 is 26.1 Å². The molecule has 2 fully saturated rings. The Bertz CT molecular complexity index is 788. The lowest BCUT2D eigenvalue weighted by molar-refractivity contribution is -0.141. The number of ketones is 1. The van der Waals surface area contributed by atoms with Crippen LogP contribution in [0.4, 0.5) is 4.79 Å². The van der Waals surface area contributed by atoms with Crippen LogP contribution < -0.4 is 5.32 Å². The number of Topliss-reactive ketones (excluding diaryl/α,β-unsaturated/α-hetero) is 1. The van der Waals surface area contributed by atoms with Crippen molar-refractivity contribution < 1.29 is 28.3 Å². The number of hydrogen-bond donors (Lipinski definition) is 1. The highest BCUT2D eigenvalue weighted by Crippen LogP contribution is 2.39. The lowest BCUT2D eigenvalue weighted by atomic mass is 9.82. The summed E-state index contributed by atoms with van der Waals surface area (Å²) in [4.78, 5) is 39.1. The molecule has 8 nitrogen and oxygen atoms in total.